The molecule has 0 radical (unpaired) electrons. The lowest BCUT2D eigenvalue weighted by Crippen LogP contribution is -2.17. The van der Waals surface area contributed by atoms with E-state index in [2.05, 4.69) is 0 Å². The maximum Gasteiger partial charge on any atom is 0.422 e. The van der Waals surface area contributed by atoms with Crippen LogP contribution in [0.5, 0.6) is 0 Å². The van der Waals surface area contributed by atoms with E-state index in [0.717, 1.165) is 12.1 Å². The van der Waals surface area contributed by atoms with Gasteiger partial charge in [0.25, 0.3) is 0 Å². The highest BCUT2D eigenvalue weighted by Gasteiger charge is 2.47. The lowest BCUT2D eigenvalue weighted by atomic mass is 9.99. The van der Waals surface area contributed by atoms with Crippen LogP contribution in [0.25, 0.3) is 16.8 Å². The summed E-state index contributed by atoms with van der Waals surface area (Å²) in [6, 6.07) is 1.76. The fourth-order valence-electron chi connectivity index (χ4n) is 4.41. The molecule has 0 saturated heterocycles. The van der Waals surface area contributed by atoms with Gasteiger partial charge in [0.2, 0.25) is 0 Å². The van der Waals surface area contributed by atoms with Crippen molar-refractivity contribution in [2.75, 3.05) is 11.5 Å². The zero-order chi connectivity index (χ0) is 35.8. The van der Waals surface area contributed by atoms with Gasteiger partial charge in [0.05, 0.1) is 33.5 Å². The summed E-state index contributed by atoms with van der Waals surface area (Å²) in [6.45, 7) is 0. The third-order valence-electron chi connectivity index (χ3n) is 6.59. The van der Waals surface area contributed by atoms with E-state index in [0.29, 0.717) is 0 Å². The Kier molecular flexibility index (Phi) is 8.14. The Morgan fingerprint density at radius 3 is 1.00 bits per heavy atom. The Morgan fingerprint density at radius 2 is 0.723 bits per heavy atom. The van der Waals surface area contributed by atoms with Gasteiger partial charge in [0.15, 0.2) is 69.8 Å². The summed E-state index contributed by atoms with van der Waals surface area (Å²) in [6.07, 6.45) is -6.10. The molecule has 0 heterocycles. The smallest absolute Gasteiger partial charge is 0.398 e. The number of hydrogen-bond donors (Lipinski definition) is 3. The number of alkyl halides is 3. The first kappa shape index (κ1) is 34.1. The first-order valence-corrected chi connectivity index (χ1v) is 11.6. The van der Waals surface area contributed by atoms with Crippen molar-refractivity contribution in [3.8, 4) is 12.1 Å². The van der Waals surface area contributed by atoms with Crippen LogP contribution in [0.4, 0.5) is 77.2 Å². The molecule has 1 aliphatic carbocycles. The molecular weight excluding hydrogens is 679 g/mol. The molecular formula is C27H6F15N5. The van der Waals surface area contributed by atoms with Crippen molar-refractivity contribution < 1.29 is 65.9 Å². The molecule has 6 N–H and O–H groups in total. The van der Waals surface area contributed by atoms with Crippen molar-refractivity contribution in [3.05, 3.63) is 109 Å². The molecule has 1 saturated carbocycles. The topological polar surface area (TPSA) is 126 Å². The van der Waals surface area contributed by atoms with E-state index < -0.39 is 143 Å². The molecule has 1 aliphatic rings. The van der Waals surface area contributed by atoms with E-state index in [1.807, 2.05) is 0 Å². The quantitative estimate of drug-likeness (QED) is 0.117. The maximum absolute atomic E-state index is 14.9. The zero-order valence-electron chi connectivity index (χ0n) is 21.8. The third kappa shape index (κ3) is 4.83. The van der Waals surface area contributed by atoms with Crippen LogP contribution >= 0.6 is 0 Å². The molecule has 0 spiro atoms. The second-order valence-electron chi connectivity index (χ2n) is 9.11. The van der Waals surface area contributed by atoms with Gasteiger partial charge < -0.3 is 17.2 Å². The Morgan fingerprint density at radius 1 is 0.447 bits per heavy atom. The molecule has 3 aromatic carbocycles. The van der Waals surface area contributed by atoms with Crippen LogP contribution in [0, 0.1) is 92.5 Å². The van der Waals surface area contributed by atoms with Crippen molar-refractivity contribution in [1.29, 1.82) is 10.5 Å². The fourth-order valence-corrected chi connectivity index (χ4v) is 4.41. The van der Waals surface area contributed by atoms with Gasteiger partial charge in [0.1, 0.15) is 29.1 Å². The summed E-state index contributed by atoms with van der Waals surface area (Å²) in [5.41, 5.74) is -7.56. The maximum atomic E-state index is 14.9. The predicted molar refractivity (Wildman–Crippen MR) is 129 cm³/mol. The Labute approximate surface area is 249 Å². The minimum absolute atomic E-state index is 0.834. The van der Waals surface area contributed by atoms with Crippen LogP contribution in [0.15, 0.2) is 16.7 Å². The lowest BCUT2D eigenvalue weighted by molar-refractivity contribution is -0.143. The van der Waals surface area contributed by atoms with Crippen LogP contribution in [0.3, 0.4) is 0 Å². The molecule has 47 heavy (non-hydrogen) atoms. The molecule has 4 rings (SSSR count). The van der Waals surface area contributed by atoms with Crippen LogP contribution in [0.2, 0.25) is 0 Å². The van der Waals surface area contributed by atoms with E-state index in [1.165, 1.54) is 0 Å². The molecule has 244 valence electrons. The molecule has 3 aromatic rings. The van der Waals surface area contributed by atoms with E-state index in [1.54, 1.807) is 0 Å². The number of nitriles is 2. The second kappa shape index (κ2) is 11.2. The third-order valence-corrected chi connectivity index (χ3v) is 6.59. The summed E-state index contributed by atoms with van der Waals surface area (Å²) < 4.78 is 214. The molecule has 0 aromatic heterocycles. The molecule has 1 fully saturated rings. The number of halogens is 15. The van der Waals surface area contributed by atoms with Crippen molar-refractivity contribution in [1.82, 2.24) is 0 Å². The van der Waals surface area contributed by atoms with Crippen molar-refractivity contribution in [3.63, 3.8) is 0 Å². The average molecular weight is 685 g/mol. The molecule has 5 nitrogen and oxygen atoms in total. The number of nitrogens with zero attached hydrogens (tertiary/aromatic N) is 2. The summed E-state index contributed by atoms with van der Waals surface area (Å²) in [7, 11) is 0. The second-order valence-corrected chi connectivity index (χ2v) is 9.11. The average Bonchev–Trinajstić information content (AvgIpc) is 3.74. The predicted octanol–water partition coefficient (Wildman–Crippen LogP) is 7.18. The zero-order valence-corrected chi connectivity index (χ0v) is 21.8. The molecule has 0 amide bonds. The van der Waals surface area contributed by atoms with Gasteiger partial charge in [-0.3, -0.25) is 0 Å². The van der Waals surface area contributed by atoms with Gasteiger partial charge >= 0.3 is 6.18 Å². The minimum Gasteiger partial charge on any atom is -0.398 e. The van der Waals surface area contributed by atoms with Crippen LogP contribution < -0.4 is 17.2 Å². The normalized spacial score (nSPS) is 16.1. The summed E-state index contributed by atoms with van der Waals surface area (Å²) >= 11 is 0. The number of nitrogens with two attached hydrogens (primary N) is 3. The van der Waals surface area contributed by atoms with Crippen LogP contribution in [-0.2, 0) is 6.18 Å². The van der Waals surface area contributed by atoms with E-state index >= 15 is 0 Å². The summed E-state index contributed by atoms with van der Waals surface area (Å²) in [4.78, 5) is 0. The lowest BCUT2D eigenvalue weighted by Gasteiger charge is -2.13. The van der Waals surface area contributed by atoms with Gasteiger partial charge in [-0.05, 0) is 0 Å². The summed E-state index contributed by atoms with van der Waals surface area (Å²) in [5, 5.41) is 19.4. The van der Waals surface area contributed by atoms with E-state index in [9.17, 15) is 76.4 Å². The molecule has 0 bridgehead atoms. The van der Waals surface area contributed by atoms with Gasteiger partial charge in [0, 0.05) is 16.7 Å². The van der Waals surface area contributed by atoms with Gasteiger partial charge in [-0.1, -0.05) is 0 Å². The molecule has 20 heteroatoms. The Balaban J connectivity index is 2.31. The standard InChI is InChI=1S/C27H6F15N5/c28-12-7(13(29)19(35)11(18(12)34)27(40,41)42)3(1-43)5-6(4(2-44)8-14(30)20(36)25(46)21(37)15(8)31)9(5)24(45)10-16(32)22(38)26(47)23(39)17(10)33/h45-47H2/b5-3-,6-4+,24-9?. The molecule has 0 unspecified atom stereocenters. The largest absolute Gasteiger partial charge is 0.422 e. The Bertz CT molecular complexity index is 2060. The number of rotatable bonds is 3. The van der Waals surface area contributed by atoms with E-state index in [4.69, 9.17) is 17.2 Å². The molecule has 0 aliphatic heterocycles. The van der Waals surface area contributed by atoms with Gasteiger partial charge in [-0.2, -0.15) is 23.7 Å². The number of hydrogen-bond acceptors (Lipinski definition) is 5. The number of anilines is 2. The highest BCUT2D eigenvalue weighted by Crippen LogP contribution is 2.57. The number of benzene rings is 3. The first-order valence-electron chi connectivity index (χ1n) is 11.6. The minimum atomic E-state index is -6.10. The summed E-state index contributed by atoms with van der Waals surface area (Å²) in [5.74, 6) is -31.6. The van der Waals surface area contributed by atoms with Crippen LogP contribution in [0.1, 0.15) is 22.3 Å². The first-order chi connectivity index (χ1) is 21.7. The van der Waals surface area contributed by atoms with Crippen molar-refractivity contribution >= 4 is 28.2 Å². The molecule has 0 atom stereocenters. The van der Waals surface area contributed by atoms with Gasteiger partial charge in [-0.25, -0.2) is 52.7 Å². The monoisotopic (exact) mass is 685 g/mol. The Hall–Kier alpha value is -5.79. The van der Waals surface area contributed by atoms with Crippen LogP contribution in [-0.4, -0.2) is 0 Å². The number of nitrogen functional groups attached to an aromatic ring is 2. The van der Waals surface area contributed by atoms with E-state index in [-0.39, 0.29) is 0 Å². The van der Waals surface area contributed by atoms with Gasteiger partial charge in [-0.15, -0.1) is 0 Å². The van der Waals surface area contributed by atoms with Crippen molar-refractivity contribution in [2.45, 2.75) is 6.18 Å². The van der Waals surface area contributed by atoms with Crippen molar-refractivity contribution in [2.24, 2.45) is 5.73 Å². The number of allylic oxidation sites excluding steroid dienone is 5. The highest BCUT2D eigenvalue weighted by molar-refractivity contribution is 6.10. The SMILES string of the molecule is N#C/C(=C1\C(=C(N)c2c(F)c(F)c(N)c(F)c2F)\C1=C(\C#N)c1c(F)c(F)c(C(F)(F)F)c(F)c1F)c1c(F)c(F)c(N)c(F)c1F. The highest BCUT2D eigenvalue weighted by atomic mass is 19.4. The fraction of sp³-hybridized carbons (Fsp3) is 0.0370.